The van der Waals surface area contributed by atoms with Crippen LogP contribution in [0.4, 0.5) is 30.8 Å². The maximum Gasteiger partial charge on any atom is 0.573 e. The fourth-order valence-electron chi connectivity index (χ4n) is 3.60. The zero-order valence-corrected chi connectivity index (χ0v) is 17.9. The molecule has 0 spiro atoms. The summed E-state index contributed by atoms with van der Waals surface area (Å²) in [6.07, 6.45) is -4.12. The highest BCUT2D eigenvalue weighted by atomic mass is 19.4. The number of rotatable bonds is 6. The molecule has 1 aliphatic rings. The third-order valence-corrected chi connectivity index (χ3v) is 5.08. The Kier molecular flexibility index (Phi) is 6.03. The van der Waals surface area contributed by atoms with Crippen LogP contribution in [-0.2, 0) is 13.0 Å². The van der Waals surface area contributed by atoms with Gasteiger partial charge in [0.15, 0.2) is 0 Å². The molecule has 8 nitrogen and oxygen atoms in total. The molecule has 3 aromatic rings. The first-order valence-electron chi connectivity index (χ1n) is 10.2. The number of benzene rings is 2. The predicted octanol–water partition coefficient (Wildman–Crippen LogP) is 3.74. The summed E-state index contributed by atoms with van der Waals surface area (Å²) in [6, 6.07) is 11.0. The van der Waals surface area contributed by atoms with Crippen LogP contribution in [0.1, 0.15) is 27.3 Å². The van der Waals surface area contributed by atoms with Crippen molar-refractivity contribution in [2.24, 2.45) is 0 Å². The maximum absolute atomic E-state index is 12.7. The van der Waals surface area contributed by atoms with Gasteiger partial charge in [0.1, 0.15) is 11.6 Å². The van der Waals surface area contributed by atoms with Gasteiger partial charge in [-0.1, -0.05) is 18.2 Å². The van der Waals surface area contributed by atoms with E-state index in [0.717, 1.165) is 11.3 Å². The summed E-state index contributed by atoms with van der Waals surface area (Å²) in [6.45, 7) is 2.33. The molecule has 2 N–H and O–H groups in total. The minimum atomic E-state index is -4.81. The summed E-state index contributed by atoms with van der Waals surface area (Å²) in [7, 11) is 1.73. The minimum absolute atomic E-state index is 0.106. The van der Waals surface area contributed by atoms with Crippen LogP contribution in [0.3, 0.4) is 0 Å². The molecule has 172 valence electrons. The van der Waals surface area contributed by atoms with E-state index in [1.165, 1.54) is 18.2 Å². The van der Waals surface area contributed by atoms with Crippen molar-refractivity contribution in [1.82, 2.24) is 20.3 Å². The zero-order valence-electron chi connectivity index (χ0n) is 17.9. The van der Waals surface area contributed by atoms with Crippen molar-refractivity contribution in [3.63, 3.8) is 0 Å². The van der Waals surface area contributed by atoms with Gasteiger partial charge in [0, 0.05) is 37.0 Å². The highest BCUT2D eigenvalue weighted by Crippen LogP contribution is 2.33. The Morgan fingerprint density at radius 2 is 1.94 bits per heavy atom. The van der Waals surface area contributed by atoms with E-state index in [9.17, 15) is 18.0 Å². The van der Waals surface area contributed by atoms with Gasteiger partial charge in [-0.3, -0.25) is 4.79 Å². The van der Waals surface area contributed by atoms with Gasteiger partial charge in [-0.25, -0.2) is 0 Å². The predicted molar refractivity (Wildman–Crippen MR) is 116 cm³/mol. The molecule has 0 saturated carbocycles. The summed E-state index contributed by atoms with van der Waals surface area (Å²) in [4.78, 5) is 27.6. The van der Waals surface area contributed by atoms with E-state index in [4.69, 9.17) is 0 Å². The molecule has 2 heterocycles. The van der Waals surface area contributed by atoms with Crippen LogP contribution in [0.2, 0.25) is 0 Å². The number of carbonyl (C=O) groups excluding carboxylic acids is 1. The van der Waals surface area contributed by atoms with Gasteiger partial charge >= 0.3 is 6.36 Å². The fraction of sp³-hybridized carbons (Fsp3) is 0.273. The monoisotopic (exact) mass is 458 g/mol. The topological polar surface area (TPSA) is 92.3 Å². The zero-order chi connectivity index (χ0) is 23.6. The molecule has 0 fully saturated rings. The quantitative estimate of drug-likeness (QED) is 0.581. The van der Waals surface area contributed by atoms with E-state index in [2.05, 4.69) is 30.3 Å². The number of halogens is 3. The lowest BCUT2D eigenvalue weighted by Crippen LogP contribution is -2.24. The van der Waals surface area contributed by atoms with E-state index in [1.807, 2.05) is 11.0 Å². The number of aromatic nitrogens is 3. The first-order chi connectivity index (χ1) is 15.7. The molecule has 0 unspecified atom stereocenters. The van der Waals surface area contributed by atoms with Crippen molar-refractivity contribution in [2.75, 3.05) is 23.8 Å². The Morgan fingerprint density at radius 1 is 1.15 bits per heavy atom. The average molecular weight is 458 g/mol. The number of ether oxygens (including phenoxy) is 1. The highest BCUT2D eigenvalue weighted by Gasteiger charge is 2.32. The van der Waals surface area contributed by atoms with Crippen molar-refractivity contribution < 1.29 is 22.7 Å². The van der Waals surface area contributed by atoms with Crippen molar-refractivity contribution in [2.45, 2.75) is 26.3 Å². The van der Waals surface area contributed by atoms with Gasteiger partial charge in [-0.15, -0.1) is 13.2 Å². The second kappa shape index (κ2) is 8.93. The lowest BCUT2D eigenvalue weighted by atomic mass is 10.1. The van der Waals surface area contributed by atoms with Gasteiger partial charge in [0.2, 0.25) is 11.9 Å². The number of hydrogen-bond donors (Lipinski definition) is 2. The molecule has 1 aromatic heterocycles. The molecule has 0 saturated heterocycles. The van der Waals surface area contributed by atoms with Crippen LogP contribution < -0.4 is 20.3 Å². The molecule has 0 atom stereocenters. The summed E-state index contributed by atoms with van der Waals surface area (Å²) in [5.41, 5.74) is 2.48. The molecule has 0 radical (unpaired) electrons. The van der Waals surface area contributed by atoms with E-state index >= 15 is 0 Å². The number of nitrogens with one attached hydrogen (secondary N) is 2. The normalized spacial score (nSPS) is 12.9. The maximum atomic E-state index is 12.7. The number of fused-ring (bicyclic) bond motifs is 1. The second-order valence-electron chi connectivity index (χ2n) is 7.34. The Bertz CT molecular complexity index is 1190. The third kappa shape index (κ3) is 5.13. The van der Waals surface area contributed by atoms with E-state index in [1.54, 1.807) is 32.2 Å². The minimum Gasteiger partial charge on any atom is -0.405 e. The number of alkyl halides is 3. The summed E-state index contributed by atoms with van der Waals surface area (Å²) in [5, 5.41) is 5.57. The average Bonchev–Trinajstić information content (AvgIpc) is 3.20. The molecule has 0 bridgehead atoms. The molecule has 2 aromatic carbocycles. The van der Waals surface area contributed by atoms with Gasteiger partial charge in [0.05, 0.1) is 0 Å². The fourth-order valence-corrected chi connectivity index (χ4v) is 3.60. The van der Waals surface area contributed by atoms with Crippen LogP contribution in [0.15, 0.2) is 42.5 Å². The van der Waals surface area contributed by atoms with Gasteiger partial charge < -0.3 is 20.3 Å². The standard InChI is InChI=1S/C22H21F3N6O2/c1-13-28-20(26-2)30-21(29-13)31-10-9-14-11-15(7-8-17(14)31)19(32)27-12-16-5-3-4-6-18(16)33-22(23,24)25/h3-8,11H,9-10,12H2,1-2H3,(H,27,32)(H,26,28,29,30). The number of carbonyl (C=O) groups is 1. The number of hydrogen-bond acceptors (Lipinski definition) is 7. The summed E-state index contributed by atoms with van der Waals surface area (Å²) in [5.74, 6) is 0.833. The number of para-hydroxylation sites is 1. The first kappa shape index (κ1) is 22.3. The molecular weight excluding hydrogens is 437 g/mol. The second-order valence-corrected chi connectivity index (χ2v) is 7.34. The van der Waals surface area contributed by atoms with Crippen molar-refractivity contribution in [3.05, 3.63) is 65.0 Å². The third-order valence-electron chi connectivity index (χ3n) is 5.08. The Balaban J connectivity index is 1.48. The molecule has 11 heteroatoms. The molecule has 1 amide bonds. The van der Waals surface area contributed by atoms with Crippen LogP contribution in [0, 0.1) is 6.92 Å². The molecule has 1 aliphatic heterocycles. The highest BCUT2D eigenvalue weighted by molar-refractivity contribution is 5.95. The lowest BCUT2D eigenvalue weighted by Gasteiger charge is -2.18. The van der Waals surface area contributed by atoms with E-state index in [-0.39, 0.29) is 17.9 Å². The van der Waals surface area contributed by atoms with E-state index in [0.29, 0.717) is 36.3 Å². The van der Waals surface area contributed by atoms with Gasteiger partial charge in [0.25, 0.3) is 5.91 Å². The van der Waals surface area contributed by atoms with Crippen molar-refractivity contribution in [3.8, 4) is 5.75 Å². The van der Waals surface area contributed by atoms with Gasteiger partial charge in [-0.05, 0) is 43.2 Å². The number of amides is 1. The van der Waals surface area contributed by atoms with Crippen LogP contribution in [0.25, 0.3) is 0 Å². The van der Waals surface area contributed by atoms with Crippen LogP contribution >= 0.6 is 0 Å². The Labute approximate surface area is 187 Å². The van der Waals surface area contributed by atoms with Crippen molar-refractivity contribution >= 4 is 23.5 Å². The molecule has 4 rings (SSSR count). The number of nitrogens with zero attached hydrogens (tertiary/aromatic N) is 4. The number of anilines is 3. The van der Waals surface area contributed by atoms with Crippen LogP contribution in [-0.4, -0.2) is 40.8 Å². The van der Waals surface area contributed by atoms with Gasteiger partial charge in [-0.2, -0.15) is 15.0 Å². The van der Waals surface area contributed by atoms with Crippen LogP contribution in [0.5, 0.6) is 5.75 Å². The molecule has 33 heavy (non-hydrogen) atoms. The van der Waals surface area contributed by atoms with E-state index < -0.39 is 12.3 Å². The number of aryl methyl sites for hydroxylation is 1. The Hall–Kier alpha value is -3.89. The first-order valence-corrected chi connectivity index (χ1v) is 10.2. The Morgan fingerprint density at radius 3 is 2.70 bits per heavy atom. The largest absolute Gasteiger partial charge is 0.573 e. The lowest BCUT2D eigenvalue weighted by molar-refractivity contribution is -0.274. The molecule has 0 aliphatic carbocycles. The summed E-state index contributed by atoms with van der Waals surface area (Å²) >= 11 is 0. The summed E-state index contributed by atoms with van der Waals surface area (Å²) < 4.78 is 41.8. The SMILES string of the molecule is CNc1nc(C)nc(N2CCc3cc(C(=O)NCc4ccccc4OC(F)(F)F)ccc32)n1. The molecular formula is C22H21F3N6O2. The smallest absolute Gasteiger partial charge is 0.405 e. The van der Waals surface area contributed by atoms with Crippen molar-refractivity contribution in [1.29, 1.82) is 0 Å².